The minimum atomic E-state index is -4.90. The molecule has 0 saturated heterocycles. The Morgan fingerprint density at radius 1 is 1.10 bits per heavy atom. The lowest BCUT2D eigenvalue weighted by molar-refractivity contribution is -0.274. The predicted octanol–water partition coefficient (Wildman–Crippen LogP) is 3.53. The van der Waals surface area contributed by atoms with Crippen molar-refractivity contribution >= 4 is 10.0 Å². The highest BCUT2D eigenvalue weighted by atomic mass is 32.2. The van der Waals surface area contributed by atoms with E-state index in [-0.39, 0.29) is 16.3 Å². The van der Waals surface area contributed by atoms with E-state index >= 15 is 0 Å². The molecular weight excluding hydrogens is 414 g/mol. The minimum Gasteiger partial charge on any atom is -0.406 e. The second kappa shape index (κ2) is 7.84. The number of rotatable bonds is 6. The maximum absolute atomic E-state index is 14.4. The van der Waals surface area contributed by atoms with Crippen LogP contribution in [0.5, 0.6) is 5.75 Å². The van der Waals surface area contributed by atoms with E-state index in [1.54, 1.807) is 19.3 Å². The SMILES string of the molecule is Cn1ccnc1C(NS(=O)(=O)c1ccc(OC(F)(F)F)cc1)c1ccccc1F. The number of hydrogen-bond acceptors (Lipinski definition) is 4. The average Bonchev–Trinajstić information content (AvgIpc) is 3.05. The maximum Gasteiger partial charge on any atom is 0.573 e. The first-order valence-corrected chi connectivity index (χ1v) is 9.65. The summed E-state index contributed by atoms with van der Waals surface area (Å²) in [7, 11) is -2.62. The van der Waals surface area contributed by atoms with Crippen LogP contribution in [-0.4, -0.2) is 24.3 Å². The van der Waals surface area contributed by atoms with Crippen molar-refractivity contribution in [2.75, 3.05) is 0 Å². The molecule has 1 aromatic heterocycles. The number of aromatic nitrogens is 2. The number of hydrogen-bond donors (Lipinski definition) is 1. The molecule has 0 amide bonds. The quantitative estimate of drug-likeness (QED) is 0.609. The Bertz CT molecular complexity index is 1100. The largest absolute Gasteiger partial charge is 0.573 e. The number of aryl methyl sites for hydroxylation is 1. The second-order valence-electron chi connectivity index (χ2n) is 5.99. The van der Waals surface area contributed by atoms with E-state index in [0.717, 1.165) is 24.3 Å². The first-order chi connectivity index (χ1) is 13.6. The lowest BCUT2D eigenvalue weighted by atomic mass is 10.1. The zero-order valence-electron chi connectivity index (χ0n) is 14.9. The van der Waals surface area contributed by atoms with Crippen molar-refractivity contribution in [3.05, 3.63) is 78.1 Å². The van der Waals surface area contributed by atoms with E-state index in [9.17, 15) is 26.0 Å². The van der Waals surface area contributed by atoms with Gasteiger partial charge in [0.2, 0.25) is 10.0 Å². The van der Waals surface area contributed by atoms with Gasteiger partial charge in [-0.05, 0) is 30.3 Å². The van der Waals surface area contributed by atoms with Gasteiger partial charge in [0.15, 0.2) is 0 Å². The van der Waals surface area contributed by atoms with Gasteiger partial charge in [0.25, 0.3) is 0 Å². The van der Waals surface area contributed by atoms with Crippen LogP contribution < -0.4 is 9.46 Å². The molecule has 6 nitrogen and oxygen atoms in total. The van der Waals surface area contributed by atoms with E-state index in [1.165, 1.54) is 29.0 Å². The standard InChI is InChI=1S/C18H15F4N3O3S/c1-25-11-10-23-17(25)16(14-4-2-3-5-15(14)19)24-29(26,27)13-8-6-12(7-9-13)28-18(20,21)22/h2-11,16,24H,1H3. The highest BCUT2D eigenvalue weighted by Gasteiger charge is 2.32. The van der Waals surface area contributed by atoms with Gasteiger partial charge in [-0.3, -0.25) is 0 Å². The lowest BCUT2D eigenvalue weighted by Crippen LogP contribution is -2.31. The fourth-order valence-electron chi connectivity index (χ4n) is 2.66. The first kappa shape index (κ1) is 20.8. The van der Waals surface area contributed by atoms with E-state index in [1.807, 2.05) is 0 Å². The molecule has 1 unspecified atom stereocenters. The fourth-order valence-corrected chi connectivity index (χ4v) is 3.84. The third-order valence-electron chi connectivity index (χ3n) is 3.97. The van der Waals surface area contributed by atoms with Crippen molar-refractivity contribution in [2.24, 2.45) is 7.05 Å². The molecule has 1 heterocycles. The molecule has 1 N–H and O–H groups in total. The minimum absolute atomic E-state index is 0.0439. The van der Waals surface area contributed by atoms with Crippen molar-refractivity contribution in [2.45, 2.75) is 17.3 Å². The highest BCUT2D eigenvalue weighted by Crippen LogP contribution is 2.27. The molecule has 1 atom stereocenters. The van der Waals surface area contributed by atoms with E-state index < -0.39 is 34.0 Å². The molecule has 3 rings (SSSR count). The van der Waals surface area contributed by atoms with E-state index in [2.05, 4.69) is 14.4 Å². The number of alkyl halides is 3. The summed E-state index contributed by atoms with van der Waals surface area (Å²) in [5.74, 6) is -0.973. The van der Waals surface area contributed by atoms with Gasteiger partial charge in [0.1, 0.15) is 23.4 Å². The molecule has 0 aliphatic rings. The molecule has 29 heavy (non-hydrogen) atoms. The molecule has 154 valence electrons. The van der Waals surface area contributed by atoms with Gasteiger partial charge >= 0.3 is 6.36 Å². The third kappa shape index (κ3) is 4.93. The molecule has 2 aromatic carbocycles. The summed E-state index contributed by atoms with van der Waals surface area (Å²) in [5, 5.41) is 0. The van der Waals surface area contributed by atoms with Crippen LogP contribution in [-0.2, 0) is 17.1 Å². The summed E-state index contributed by atoms with van der Waals surface area (Å²) >= 11 is 0. The number of imidazole rings is 1. The van der Waals surface area contributed by atoms with Crippen LogP contribution in [0.2, 0.25) is 0 Å². The van der Waals surface area contributed by atoms with Crippen LogP contribution >= 0.6 is 0 Å². The molecular formula is C18H15F4N3O3S. The molecule has 0 saturated carbocycles. The summed E-state index contributed by atoms with van der Waals surface area (Å²) in [6.07, 6.45) is -1.89. The van der Waals surface area contributed by atoms with Gasteiger partial charge in [-0.2, -0.15) is 4.72 Å². The van der Waals surface area contributed by atoms with Crippen LogP contribution in [0.4, 0.5) is 17.6 Å². The molecule has 0 fully saturated rings. The summed E-state index contributed by atoms with van der Waals surface area (Å²) in [6.45, 7) is 0. The van der Waals surface area contributed by atoms with Gasteiger partial charge in [-0.15, -0.1) is 13.2 Å². The molecule has 0 bridgehead atoms. The van der Waals surface area contributed by atoms with Crippen LogP contribution in [0.15, 0.2) is 65.8 Å². The van der Waals surface area contributed by atoms with Crippen LogP contribution in [0.3, 0.4) is 0 Å². The van der Waals surface area contributed by atoms with Crippen molar-refractivity contribution in [3.8, 4) is 5.75 Å². The van der Waals surface area contributed by atoms with Gasteiger partial charge in [-0.25, -0.2) is 17.8 Å². The number of nitrogens with zero attached hydrogens (tertiary/aromatic N) is 2. The van der Waals surface area contributed by atoms with Crippen molar-refractivity contribution in [1.82, 2.24) is 14.3 Å². The van der Waals surface area contributed by atoms with Crippen molar-refractivity contribution in [3.63, 3.8) is 0 Å². The predicted molar refractivity (Wildman–Crippen MR) is 94.9 cm³/mol. The molecule has 3 aromatic rings. The molecule has 11 heteroatoms. The smallest absolute Gasteiger partial charge is 0.406 e. The van der Waals surface area contributed by atoms with Gasteiger partial charge in [0, 0.05) is 25.0 Å². The van der Waals surface area contributed by atoms with Crippen molar-refractivity contribution in [1.29, 1.82) is 0 Å². The summed E-state index contributed by atoms with van der Waals surface area (Å²) < 4.78 is 84.4. The second-order valence-corrected chi connectivity index (χ2v) is 7.71. The Morgan fingerprint density at radius 3 is 2.31 bits per heavy atom. The zero-order chi connectivity index (χ0) is 21.2. The summed E-state index contributed by atoms with van der Waals surface area (Å²) in [4.78, 5) is 3.77. The van der Waals surface area contributed by atoms with Crippen molar-refractivity contribution < 1.29 is 30.7 Å². The van der Waals surface area contributed by atoms with Crippen LogP contribution in [0.1, 0.15) is 17.4 Å². The monoisotopic (exact) mass is 429 g/mol. The molecule has 0 aliphatic carbocycles. The van der Waals surface area contributed by atoms with Gasteiger partial charge in [-0.1, -0.05) is 18.2 Å². The van der Waals surface area contributed by atoms with E-state index in [0.29, 0.717) is 0 Å². The number of benzene rings is 2. The first-order valence-electron chi connectivity index (χ1n) is 8.16. The summed E-state index contributed by atoms with van der Waals surface area (Å²) in [5.41, 5.74) is 0.0439. The Kier molecular flexibility index (Phi) is 5.62. The highest BCUT2D eigenvalue weighted by molar-refractivity contribution is 7.89. The Balaban J connectivity index is 1.95. The van der Waals surface area contributed by atoms with Gasteiger partial charge < -0.3 is 9.30 Å². The maximum atomic E-state index is 14.4. The fraction of sp³-hybridized carbons (Fsp3) is 0.167. The summed E-state index contributed by atoms with van der Waals surface area (Å²) in [6, 6.07) is 8.11. The number of halogens is 4. The van der Waals surface area contributed by atoms with Crippen LogP contribution in [0, 0.1) is 5.82 Å². The van der Waals surface area contributed by atoms with Crippen LogP contribution in [0.25, 0.3) is 0 Å². The average molecular weight is 429 g/mol. The number of ether oxygens (including phenoxy) is 1. The Morgan fingerprint density at radius 2 is 1.76 bits per heavy atom. The van der Waals surface area contributed by atoms with Gasteiger partial charge in [0.05, 0.1) is 4.90 Å². The number of sulfonamides is 1. The zero-order valence-corrected chi connectivity index (χ0v) is 15.7. The Hall–Kier alpha value is -2.92. The van der Waals surface area contributed by atoms with E-state index in [4.69, 9.17) is 0 Å². The lowest BCUT2D eigenvalue weighted by Gasteiger charge is -2.20. The Labute approximate surface area is 163 Å². The molecule has 0 aliphatic heterocycles. The third-order valence-corrected chi connectivity index (χ3v) is 5.41. The normalized spacial score (nSPS) is 13.3. The topological polar surface area (TPSA) is 73.2 Å². The molecule has 0 radical (unpaired) electrons. The number of nitrogens with one attached hydrogen (secondary N) is 1. The molecule has 0 spiro atoms.